The summed E-state index contributed by atoms with van der Waals surface area (Å²) in [5, 5.41) is 4.08. The molecule has 4 rings (SSSR count). The molecule has 2 atom stereocenters. The molecule has 1 aromatic carbocycles. The number of hydrogen-bond donors (Lipinski definition) is 0. The largest absolute Gasteiger partial charge is 0.497 e. The van der Waals surface area contributed by atoms with E-state index in [1.165, 1.54) is 30.4 Å². The van der Waals surface area contributed by atoms with Crippen LogP contribution in [-0.4, -0.2) is 35.3 Å². The van der Waals surface area contributed by atoms with Gasteiger partial charge in [-0.15, -0.1) is 0 Å². The minimum atomic E-state index is 0.468. The summed E-state index contributed by atoms with van der Waals surface area (Å²) in [6, 6.07) is 12.9. The monoisotopic (exact) mass is 421 g/mol. The molecule has 164 valence electrons. The van der Waals surface area contributed by atoms with E-state index in [-0.39, 0.29) is 0 Å². The van der Waals surface area contributed by atoms with Gasteiger partial charge in [0.2, 0.25) is 0 Å². The summed E-state index contributed by atoms with van der Waals surface area (Å²) in [6.45, 7) is 3.68. The molecule has 0 amide bonds. The van der Waals surface area contributed by atoms with Crippen LogP contribution in [0.25, 0.3) is 0 Å². The van der Waals surface area contributed by atoms with Crippen LogP contribution >= 0.6 is 0 Å². The van der Waals surface area contributed by atoms with Gasteiger partial charge in [-0.3, -0.25) is 9.88 Å². The zero-order valence-corrected chi connectivity index (χ0v) is 18.6. The van der Waals surface area contributed by atoms with Crippen LogP contribution in [0.3, 0.4) is 0 Å². The summed E-state index contributed by atoms with van der Waals surface area (Å²) in [5.74, 6) is 3.17. The average Bonchev–Trinajstić information content (AvgIpc) is 3.42. The van der Waals surface area contributed by atoms with Gasteiger partial charge in [-0.2, -0.15) is 0 Å². The Kier molecular flexibility index (Phi) is 6.87. The zero-order valence-electron chi connectivity index (χ0n) is 18.6. The second-order valence-electron chi connectivity index (χ2n) is 8.38. The summed E-state index contributed by atoms with van der Waals surface area (Å²) in [4.78, 5) is 6.77. The zero-order chi connectivity index (χ0) is 21.6. The molecule has 0 saturated heterocycles. The Morgan fingerprint density at radius 2 is 1.68 bits per heavy atom. The van der Waals surface area contributed by atoms with Crippen LogP contribution in [-0.2, 0) is 19.5 Å². The molecule has 1 aliphatic rings. The summed E-state index contributed by atoms with van der Waals surface area (Å²) in [5.41, 5.74) is 3.40. The fraction of sp³-hybridized carbons (Fsp3) is 0.440. The lowest BCUT2D eigenvalue weighted by molar-refractivity contribution is 0.138. The minimum absolute atomic E-state index is 0.468. The third-order valence-corrected chi connectivity index (χ3v) is 6.16. The van der Waals surface area contributed by atoms with Crippen LogP contribution in [0.4, 0.5) is 0 Å². The molecule has 6 nitrogen and oxygen atoms in total. The smallest absolute Gasteiger partial charge is 0.137 e. The predicted octanol–water partition coefficient (Wildman–Crippen LogP) is 4.81. The van der Waals surface area contributed by atoms with Gasteiger partial charge in [-0.25, -0.2) is 0 Å². The van der Waals surface area contributed by atoms with E-state index in [1.54, 1.807) is 14.2 Å². The molecule has 0 radical (unpaired) electrons. The van der Waals surface area contributed by atoms with Crippen molar-refractivity contribution in [1.29, 1.82) is 0 Å². The highest BCUT2D eigenvalue weighted by molar-refractivity contribution is 5.38. The summed E-state index contributed by atoms with van der Waals surface area (Å²) in [7, 11) is 3.39. The molecular weight excluding hydrogens is 390 g/mol. The minimum Gasteiger partial charge on any atom is -0.497 e. The van der Waals surface area contributed by atoms with Crippen molar-refractivity contribution < 1.29 is 14.0 Å². The maximum atomic E-state index is 5.54. The van der Waals surface area contributed by atoms with Crippen molar-refractivity contribution in [3.8, 4) is 11.5 Å². The lowest BCUT2D eigenvalue weighted by atomic mass is 9.95. The molecule has 1 fully saturated rings. The quantitative estimate of drug-likeness (QED) is 0.494. The Bertz CT molecular complexity index is 951. The predicted molar refractivity (Wildman–Crippen MR) is 119 cm³/mol. The van der Waals surface area contributed by atoms with Crippen molar-refractivity contribution in [2.45, 2.75) is 51.7 Å². The maximum absolute atomic E-state index is 5.54. The van der Waals surface area contributed by atoms with E-state index < -0.39 is 0 Å². The second-order valence-corrected chi connectivity index (χ2v) is 8.38. The number of ether oxygens (including phenoxy) is 2. The van der Waals surface area contributed by atoms with Crippen LogP contribution in [0.2, 0.25) is 0 Å². The van der Waals surface area contributed by atoms with Crippen molar-refractivity contribution in [3.05, 3.63) is 71.4 Å². The van der Waals surface area contributed by atoms with Crippen molar-refractivity contribution in [1.82, 2.24) is 15.0 Å². The molecule has 3 aromatic rings. The highest BCUT2D eigenvalue weighted by atomic mass is 16.5. The van der Waals surface area contributed by atoms with Gasteiger partial charge < -0.3 is 14.0 Å². The molecule has 0 bridgehead atoms. The summed E-state index contributed by atoms with van der Waals surface area (Å²) >= 11 is 0. The molecule has 0 aliphatic heterocycles. The van der Waals surface area contributed by atoms with Crippen LogP contribution in [0.1, 0.15) is 41.8 Å². The Morgan fingerprint density at radius 1 is 0.968 bits per heavy atom. The van der Waals surface area contributed by atoms with E-state index in [4.69, 9.17) is 14.0 Å². The van der Waals surface area contributed by atoms with Crippen LogP contribution < -0.4 is 9.47 Å². The third-order valence-electron chi connectivity index (χ3n) is 6.16. The van der Waals surface area contributed by atoms with Crippen LogP contribution in [0.15, 0.2) is 53.3 Å². The van der Waals surface area contributed by atoms with Gasteiger partial charge in [0.05, 0.1) is 19.9 Å². The highest BCUT2D eigenvalue weighted by Gasteiger charge is 2.33. The number of aryl methyl sites for hydroxylation is 1. The van der Waals surface area contributed by atoms with E-state index in [9.17, 15) is 0 Å². The SMILES string of the molecule is COc1cc(CN(Cc2ccncc2)[C@@H]2CCC[C@H]2Cc2cc(C)no2)cc(OC)c1. The number of nitrogens with zero attached hydrogens (tertiary/aromatic N) is 3. The van der Waals surface area contributed by atoms with Crippen molar-refractivity contribution in [2.24, 2.45) is 5.92 Å². The highest BCUT2D eigenvalue weighted by Crippen LogP contribution is 2.35. The van der Waals surface area contributed by atoms with Gasteiger partial charge in [-0.1, -0.05) is 11.6 Å². The molecule has 0 unspecified atom stereocenters. The van der Waals surface area contributed by atoms with Gasteiger partial charge in [0, 0.05) is 50.1 Å². The topological polar surface area (TPSA) is 60.6 Å². The van der Waals surface area contributed by atoms with E-state index in [0.717, 1.165) is 42.5 Å². The fourth-order valence-electron chi connectivity index (χ4n) is 4.71. The summed E-state index contributed by atoms with van der Waals surface area (Å²) in [6.07, 6.45) is 8.29. The van der Waals surface area contributed by atoms with Gasteiger partial charge in [0.1, 0.15) is 17.3 Å². The number of methoxy groups -OCH3 is 2. The van der Waals surface area contributed by atoms with E-state index in [2.05, 4.69) is 45.4 Å². The second kappa shape index (κ2) is 9.96. The van der Waals surface area contributed by atoms with Crippen LogP contribution in [0.5, 0.6) is 11.5 Å². The molecule has 31 heavy (non-hydrogen) atoms. The first-order valence-corrected chi connectivity index (χ1v) is 10.9. The molecule has 0 spiro atoms. The number of rotatable bonds is 9. The Hall–Kier alpha value is -2.86. The first kappa shape index (κ1) is 21.4. The number of pyridine rings is 1. The Morgan fingerprint density at radius 3 is 2.32 bits per heavy atom. The first-order valence-electron chi connectivity index (χ1n) is 10.9. The summed E-state index contributed by atoms with van der Waals surface area (Å²) < 4.78 is 16.5. The first-order chi connectivity index (χ1) is 15.1. The Labute approximate surface area is 184 Å². The average molecular weight is 422 g/mol. The number of hydrogen-bond acceptors (Lipinski definition) is 6. The number of benzene rings is 1. The molecular formula is C25H31N3O3. The fourth-order valence-corrected chi connectivity index (χ4v) is 4.71. The molecule has 2 aromatic heterocycles. The van der Waals surface area contributed by atoms with Gasteiger partial charge in [0.15, 0.2) is 0 Å². The third kappa shape index (κ3) is 5.44. The number of aromatic nitrogens is 2. The van der Waals surface area contributed by atoms with E-state index in [1.807, 2.05) is 25.4 Å². The van der Waals surface area contributed by atoms with E-state index in [0.29, 0.717) is 12.0 Å². The lowest BCUT2D eigenvalue weighted by Crippen LogP contribution is -2.37. The van der Waals surface area contributed by atoms with Crippen LogP contribution in [0, 0.1) is 12.8 Å². The lowest BCUT2D eigenvalue weighted by Gasteiger charge is -2.33. The Balaban J connectivity index is 1.59. The molecule has 1 saturated carbocycles. The van der Waals surface area contributed by atoms with Crippen molar-refractivity contribution in [3.63, 3.8) is 0 Å². The molecule has 0 N–H and O–H groups in total. The molecule has 2 heterocycles. The normalized spacial score (nSPS) is 18.5. The standard InChI is InChI=1S/C25H31N3O3/c1-18-11-24(31-27-18)14-21-5-4-6-25(21)28(16-19-7-9-26-10-8-19)17-20-12-22(29-2)15-23(13-20)30-3/h7-13,15,21,25H,4-6,14,16-17H2,1-3H3/t21-,25+/m0/s1. The maximum Gasteiger partial charge on any atom is 0.137 e. The van der Waals surface area contributed by atoms with Gasteiger partial charge in [0.25, 0.3) is 0 Å². The molecule has 1 aliphatic carbocycles. The van der Waals surface area contributed by atoms with E-state index >= 15 is 0 Å². The molecule has 6 heteroatoms. The van der Waals surface area contributed by atoms with Crippen molar-refractivity contribution in [2.75, 3.05) is 14.2 Å². The van der Waals surface area contributed by atoms with Crippen molar-refractivity contribution >= 4 is 0 Å². The van der Waals surface area contributed by atoms with Gasteiger partial charge in [-0.05, 0) is 61.1 Å². The van der Waals surface area contributed by atoms with Gasteiger partial charge >= 0.3 is 0 Å².